The molecule has 154 valence electrons. The number of nitrogens with one attached hydrogen (secondary N) is 2. The van der Waals surface area contributed by atoms with E-state index in [0.29, 0.717) is 5.52 Å². The van der Waals surface area contributed by atoms with Crippen LogP contribution in [-0.4, -0.2) is 79.6 Å². The Hall–Kier alpha value is -1.89. The van der Waals surface area contributed by atoms with Gasteiger partial charge < -0.3 is 34.9 Å². The third-order valence-corrected chi connectivity index (χ3v) is 5.42. The molecular weight excluding hydrogens is 390 g/mol. The normalized spacial score (nSPS) is 27.7. The molecule has 2 heterocycles. The molecule has 6 N–H and O–H groups in total. The molecule has 0 spiro atoms. The topological polar surface area (TPSA) is 157 Å². The summed E-state index contributed by atoms with van der Waals surface area (Å²) in [6, 6.07) is 5.70. The number of anilines is 1. The molecule has 0 radical (unpaired) electrons. The highest BCUT2D eigenvalue weighted by atomic mass is 32.2. The summed E-state index contributed by atoms with van der Waals surface area (Å²) in [5.41, 5.74) is 1.40. The lowest BCUT2D eigenvalue weighted by Crippen LogP contribution is -2.59. The van der Waals surface area contributed by atoms with Crippen LogP contribution in [-0.2, 0) is 9.47 Å². The quantitative estimate of drug-likeness (QED) is 0.369. The van der Waals surface area contributed by atoms with E-state index in [1.807, 2.05) is 18.2 Å². The van der Waals surface area contributed by atoms with Crippen molar-refractivity contribution in [2.45, 2.75) is 48.9 Å². The second-order valence-corrected chi connectivity index (χ2v) is 7.51. The minimum absolute atomic E-state index is 0.141. The average Bonchev–Trinajstić information content (AvgIpc) is 3.08. The van der Waals surface area contributed by atoms with Gasteiger partial charge in [0.25, 0.3) is 0 Å². The minimum atomic E-state index is -1.67. The smallest absolute Gasteiger partial charge is 0.416 e. The van der Waals surface area contributed by atoms with Crippen molar-refractivity contribution in [2.75, 3.05) is 17.7 Å². The van der Waals surface area contributed by atoms with Gasteiger partial charge in [-0.05, 0) is 30.4 Å². The lowest BCUT2D eigenvalue weighted by molar-refractivity contribution is -0.284. The number of ether oxygens (including phenoxy) is 2. The molecule has 1 aliphatic rings. The van der Waals surface area contributed by atoms with Gasteiger partial charge in [-0.25, -0.2) is 9.78 Å². The number of benzene rings is 1. The van der Waals surface area contributed by atoms with E-state index < -0.39 is 43.4 Å². The molecule has 1 aromatic heterocycles. The molecule has 1 amide bonds. The van der Waals surface area contributed by atoms with Crippen molar-refractivity contribution in [3.63, 3.8) is 0 Å². The lowest BCUT2D eigenvalue weighted by Gasteiger charge is -2.38. The van der Waals surface area contributed by atoms with Gasteiger partial charge in [0.2, 0.25) is 12.2 Å². The first-order valence-electron chi connectivity index (χ1n) is 8.83. The van der Waals surface area contributed by atoms with Gasteiger partial charge in [0.15, 0.2) is 0 Å². The first-order valence-corrected chi connectivity index (χ1v) is 9.82. The first-order chi connectivity index (χ1) is 13.4. The van der Waals surface area contributed by atoms with Crippen molar-refractivity contribution in [1.82, 2.24) is 9.97 Å². The molecule has 28 heavy (non-hydrogen) atoms. The predicted molar refractivity (Wildman–Crippen MR) is 101 cm³/mol. The summed E-state index contributed by atoms with van der Waals surface area (Å²) < 4.78 is 10.1. The van der Waals surface area contributed by atoms with E-state index in [1.165, 1.54) is 0 Å². The standard InChI is InChI=1S/C17H23N3O7S/c1-2-5-28-8-3-4-9-10(6-8)19-16(18-9)20-17(25)27-15-14(24)13(23)12(22)11(7-21)26-15/h3-4,6,11-15,21-24H,2,5,7H2,1H3,(H2,18,19,20,25)/t11-,12-,13?,14?,15?/m1/s1. The summed E-state index contributed by atoms with van der Waals surface area (Å²) >= 11 is 1.72. The largest absolute Gasteiger partial charge is 0.416 e. The Balaban J connectivity index is 1.64. The Morgan fingerprint density at radius 1 is 1.32 bits per heavy atom. The number of aromatic nitrogens is 2. The van der Waals surface area contributed by atoms with E-state index in [4.69, 9.17) is 14.6 Å². The van der Waals surface area contributed by atoms with Crippen molar-refractivity contribution in [3.05, 3.63) is 18.2 Å². The highest BCUT2D eigenvalue weighted by Crippen LogP contribution is 2.25. The van der Waals surface area contributed by atoms with Gasteiger partial charge >= 0.3 is 6.09 Å². The van der Waals surface area contributed by atoms with Crippen molar-refractivity contribution >= 4 is 34.8 Å². The van der Waals surface area contributed by atoms with Gasteiger partial charge in [0.05, 0.1) is 17.6 Å². The maximum absolute atomic E-state index is 12.1. The molecule has 1 aromatic carbocycles. The maximum Gasteiger partial charge on any atom is 0.416 e. The molecule has 0 bridgehead atoms. The van der Waals surface area contributed by atoms with Crippen LogP contribution in [0.15, 0.2) is 23.1 Å². The third-order valence-electron chi connectivity index (χ3n) is 4.22. The van der Waals surface area contributed by atoms with Crippen LogP contribution in [0.1, 0.15) is 13.3 Å². The highest BCUT2D eigenvalue weighted by Gasteiger charge is 2.45. The van der Waals surface area contributed by atoms with Crippen LogP contribution < -0.4 is 5.32 Å². The summed E-state index contributed by atoms with van der Waals surface area (Å²) in [7, 11) is 0. The number of aromatic amines is 1. The zero-order valence-corrected chi connectivity index (χ0v) is 15.9. The number of aliphatic hydroxyl groups excluding tert-OH is 4. The molecule has 1 fully saturated rings. The number of aliphatic hydroxyl groups is 4. The van der Waals surface area contributed by atoms with Crippen LogP contribution >= 0.6 is 11.8 Å². The molecule has 3 unspecified atom stereocenters. The molecule has 5 atom stereocenters. The zero-order valence-electron chi connectivity index (χ0n) is 15.1. The fraction of sp³-hybridized carbons (Fsp3) is 0.529. The molecular formula is C17H23N3O7S. The minimum Gasteiger partial charge on any atom is -0.416 e. The summed E-state index contributed by atoms with van der Waals surface area (Å²) in [6.07, 6.45) is -7.48. The second kappa shape index (κ2) is 9.07. The van der Waals surface area contributed by atoms with Gasteiger partial charge in [0, 0.05) is 4.90 Å². The second-order valence-electron chi connectivity index (χ2n) is 6.34. The van der Waals surface area contributed by atoms with Gasteiger partial charge in [-0.2, -0.15) is 0 Å². The lowest BCUT2D eigenvalue weighted by atomic mass is 9.99. The number of thioether (sulfide) groups is 1. The highest BCUT2D eigenvalue weighted by molar-refractivity contribution is 7.99. The monoisotopic (exact) mass is 413 g/mol. The van der Waals surface area contributed by atoms with E-state index in [0.717, 1.165) is 22.6 Å². The van der Waals surface area contributed by atoms with Crippen LogP contribution in [0.3, 0.4) is 0 Å². The summed E-state index contributed by atoms with van der Waals surface area (Å²) in [5, 5.41) is 40.9. The van der Waals surface area contributed by atoms with E-state index in [-0.39, 0.29) is 5.95 Å². The van der Waals surface area contributed by atoms with Gasteiger partial charge in [-0.3, -0.25) is 5.32 Å². The fourth-order valence-electron chi connectivity index (χ4n) is 2.75. The first kappa shape index (κ1) is 20.8. The molecule has 2 aromatic rings. The van der Waals surface area contributed by atoms with Crippen molar-refractivity contribution in [3.8, 4) is 0 Å². The average molecular weight is 413 g/mol. The van der Waals surface area contributed by atoms with Crippen LogP contribution in [0.2, 0.25) is 0 Å². The molecule has 10 nitrogen and oxygen atoms in total. The van der Waals surface area contributed by atoms with Crippen LogP contribution in [0, 0.1) is 0 Å². The van der Waals surface area contributed by atoms with Gasteiger partial charge in [-0.1, -0.05) is 6.92 Å². The summed E-state index contributed by atoms with van der Waals surface area (Å²) in [6.45, 7) is 1.49. The number of carbonyl (C=O) groups is 1. The van der Waals surface area contributed by atoms with Crippen molar-refractivity contribution in [1.29, 1.82) is 0 Å². The number of hydrogen-bond acceptors (Lipinski definition) is 9. The van der Waals surface area contributed by atoms with Gasteiger partial charge in [0.1, 0.15) is 24.4 Å². The van der Waals surface area contributed by atoms with E-state index >= 15 is 0 Å². The van der Waals surface area contributed by atoms with E-state index in [2.05, 4.69) is 22.2 Å². The summed E-state index contributed by atoms with van der Waals surface area (Å²) in [4.78, 5) is 20.4. The molecule has 11 heteroatoms. The Labute approximate surface area is 164 Å². The van der Waals surface area contributed by atoms with Crippen molar-refractivity contribution in [2.24, 2.45) is 0 Å². The molecule has 0 saturated carbocycles. The van der Waals surface area contributed by atoms with E-state index in [9.17, 15) is 20.1 Å². The number of imidazole rings is 1. The Morgan fingerprint density at radius 3 is 2.82 bits per heavy atom. The molecule has 0 aliphatic carbocycles. The van der Waals surface area contributed by atoms with Crippen LogP contribution in [0.5, 0.6) is 0 Å². The van der Waals surface area contributed by atoms with Crippen molar-refractivity contribution < 1.29 is 34.7 Å². The van der Waals surface area contributed by atoms with Crippen LogP contribution in [0.25, 0.3) is 11.0 Å². The number of nitrogens with zero attached hydrogens (tertiary/aromatic N) is 1. The zero-order chi connectivity index (χ0) is 20.3. The molecule has 3 rings (SSSR count). The van der Waals surface area contributed by atoms with Gasteiger partial charge in [-0.15, -0.1) is 11.8 Å². The number of fused-ring (bicyclic) bond motifs is 1. The molecule has 1 aliphatic heterocycles. The summed E-state index contributed by atoms with van der Waals surface area (Å²) in [5.74, 6) is 1.14. The number of H-pyrrole nitrogens is 1. The fourth-order valence-corrected chi connectivity index (χ4v) is 3.56. The number of amides is 1. The number of rotatable bonds is 6. The molecule has 1 saturated heterocycles. The SMILES string of the molecule is CCCSc1ccc2nc(NC(=O)OC3O[C@H](CO)[C@@H](O)C(O)C3O)[nH]c2c1. The number of carbonyl (C=O) groups excluding carboxylic acids is 1. The third kappa shape index (κ3) is 4.57. The van der Waals surface area contributed by atoms with Crippen LogP contribution in [0.4, 0.5) is 10.7 Å². The maximum atomic E-state index is 12.1. The Bertz CT molecular complexity index is 815. The van der Waals surface area contributed by atoms with E-state index in [1.54, 1.807) is 11.8 Å². The Kier molecular flexibility index (Phi) is 6.75. The Morgan fingerprint density at radius 2 is 2.11 bits per heavy atom. The number of hydrogen-bond donors (Lipinski definition) is 6. The predicted octanol–water partition coefficient (Wildman–Crippen LogP) is 0.413.